The number of methoxy groups -OCH3 is 1. The zero-order valence-corrected chi connectivity index (χ0v) is 16.0. The Kier molecular flexibility index (Phi) is 11.6. The Morgan fingerprint density at radius 1 is 0.920 bits per heavy atom. The number of ether oxygens (including phenoxy) is 1. The lowest BCUT2D eigenvalue weighted by atomic mass is 10.0. The monoisotopic (exact) mass is 349 g/mol. The number of rotatable bonds is 14. The van der Waals surface area contributed by atoms with Gasteiger partial charge in [-0.05, 0) is 25.0 Å². The quantitative estimate of drug-likeness (QED) is 0.180. The second kappa shape index (κ2) is 13.6. The van der Waals surface area contributed by atoms with Crippen molar-refractivity contribution in [3.63, 3.8) is 0 Å². The number of hydrogen-bond donors (Lipinski definition) is 2. The molecule has 1 aromatic carbocycles. The predicted molar refractivity (Wildman–Crippen MR) is 104 cm³/mol. The summed E-state index contributed by atoms with van der Waals surface area (Å²) < 4.78 is 5.07. The third-order valence-electron chi connectivity index (χ3n) is 4.65. The SMILES string of the molecule is CCCCCCCCCCCCCC(=NO)c1ccc(OC)cc1O. The predicted octanol–water partition coefficient (Wildman–Crippen LogP) is 6.28. The van der Waals surface area contributed by atoms with Crippen LogP contribution in [0.4, 0.5) is 0 Å². The fourth-order valence-electron chi connectivity index (χ4n) is 3.08. The number of aromatic hydroxyl groups is 1. The summed E-state index contributed by atoms with van der Waals surface area (Å²) in [5, 5.41) is 22.6. The van der Waals surface area contributed by atoms with Crippen molar-refractivity contribution in [2.75, 3.05) is 7.11 Å². The molecule has 0 saturated carbocycles. The molecule has 0 bridgehead atoms. The second-order valence-corrected chi connectivity index (χ2v) is 6.72. The van der Waals surface area contributed by atoms with E-state index in [0.717, 1.165) is 12.8 Å². The topological polar surface area (TPSA) is 62.1 Å². The van der Waals surface area contributed by atoms with Gasteiger partial charge in [0, 0.05) is 11.6 Å². The van der Waals surface area contributed by atoms with Crippen molar-refractivity contribution in [2.45, 2.75) is 84.0 Å². The van der Waals surface area contributed by atoms with Crippen LogP contribution in [0.15, 0.2) is 23.4 Å². The van der Waals surface area contributed by atoms with E-state index < -0.39 is 0 Å². The maximum atomic E-state index is 10.0. The summed E-state index contributed by atoms with van der Waals surface area (Å²) >= 11 is 0. The standard InChI is InChI=1S/C21H35NO3/c1-3-4-5-6-7-8-9-10-11-12-13-14-20(22-24)19-16-15-18(25-2)17-21(19)23/h15-17,23-24H,3-14H2,1-2H3. The summed E-state index contributed by atoms with van der Waals surface area (Å²) in [4.78, 5) is 0. The summed E-state index contributed by atoms with van der Waals surface area (Å²) in [5.74, 6) is 0.684. The number of nitrogens with zero attached hydrogens (tertiary/aromatic N) is 1. The lowest BCUT2D eigenvalue weighted by Crippen LogP contribution is -2.02. The largest absolute Gasteiger partial charge is 0.507 e. The lowest BCUT2D eigenvalue weighted by Gasteiger charge is -2.09. The molecule has 142 valence electrons. The molecule has 0 aliphatic heterocycles. The third kappa shape index (κ3) is 8.80. The smallest absolute Gasteiger partial charge is 0.128 e. The van der Waals surface area contributed by atoms with Crippen LogP contribution < -0.4 is 4.74 Å². The van der Waals surface area contributed by atoms with E-state index >= 15 is 0 Å². The molecule has 4 nitrogen and oxygen atoms in total. The van der Waals surface area contributed by atoms with E-state index in [9.17, 15) is 10.3 Å². The average molecular weight is 350 g/mol. The number of phenols is 1. The lowest BCUT2D eigenvalue weighted by molar-refractivity contribution is 0.317. The molecule has 0 aliphatic carbocycles. The van der Waals surface area contributed by atoms with E-state index in [-0.39, 0.29) is 5.75 Å². The summed E-state index contributed by atoms with van der Waals surface area (Å²) in [6, 6.07) is 5.05. The van der Waals surface area contributed by atoms with Crippen LogP contribution in [0.25, 0.3) is 0 Å². The maximum absolute atomic E-state index is 10.0. The Hall–Kier alpha value is -1.71. The van der Waals surface area contributed by atoms with Crippen molar-refractivity contribution >= 4 is 5.71 Å². The maximum Gasteiger partial charge on any atom is 0.128 e. The molecule has 0 spiro atoms. The van der Waals surface area contributed by atoms with Gasteiger partial charge in [0.25, 0.3) is 0 Å². The zero-order chi connectivity index (χ0) is 18.3. The fraction of sp³-hybridized carbons (Fsp3) is 0.667. The van der Waals surface area contributed by atoms with Gasteiger partial charge in [0.05, 0.1) is 12.8 Å². The normalized spacial score (nSPS) is 11.7. The van der Waals surface area contributed by atoms with Gasteiger partial charge in [0.1, 0.15) is 11.5 Å². The average Bonchev–Trinajstić information content (AvgIpc) is 2.63. The Labute approximate surface area is 152 Å². The van der Waals surface area contributed by atoms with E-state index in [1.165, 1.54) is 57.8 Å². The van der Waals surface area contributed by atoms with Gasteiger partial charge in [-0.1, -0.05) is 76.3 Å². The van der Waals surface area contributed by atoms with Crippen molar-refractivity contribution in [3.05, 3.63) is 23.8 Å². The van der Waals surface area contributed by atoms with Crippen LogP contribution in [0.2, 0.25) is 0 Å². The second-order valence-electron chi connectivity index (χ2n) is 6.72. The molecule has 0 radical (unpaired) electrons. The van der Waals surface area contributed by atoms with Gasteiger partial charge in [-0.3, -0.25) is 0 Å². The highest BCUT2D eigenvalue weighted by atomic mass is 16.5. The van der Waals surface area contributed by atoms with Crippen molar-refractivity contribution in [2.24, 2.45) is 5.16 Å². The summed E-state index contributed by atoms with van der Waals surface area (Å²) in [6.07, 6.45) is 14.8. The van der Waals surface area contributed by atoms with E-state index in [1.54, 1.807) is 25.3 Å². The van der Waals surface area contributed by atoms with Gasteiger partial charge in [-0.25, -0.2) is 0 Å². The molecule has 2 N–H and O–H groups in total. The number of unbranched alkanes of at least 4 members (excludes halogenated alkanes) is 10. The first-order valence-electron chi connectivity index (χ1n) is 9.81. The fourth-order valence-corrected chi connectivity index (χ4v) is 3.08. The van der Waals surface area contributed by atoms with Gasteiger partial charge in [-0.15, -0.1) is 0 Å². The molecule has 0 heterocycles. The molecule has 0 unspecified atom stereocenters. The highest BCUT2D eigenvalue weighted by Crippen LogP contribution is 2.25. The summed E-state index contributed by atoms with van der Waals surface area (Å²) in [5.41, 5.74) is 1.12. The van der Waals surface area contributed by atoms with Crippen molar-refractivity contribution in [1.29, 1.82) is 0 Å². The Bertz CT molecular complexity index is 500. The van der Waals surface area contributed by atoms with E-state index in [1.807, 2.05) is 0 Å². The highest BCUT2D eigenvalue weighted by molar-refractivity contribution is 6.02. The van der Waals surface area contributed by atoms with Crippen molar-refractivity contribution < 1.29 is 15.1 Å². The molecule has 25 heavy (non-hydrogen) atoms. The van der Waals surface area contributed by atoms with Crippen LogP contribution >= 0.6 is 0 Å². The van der Waals surface area contributed by atoms with E-state index in [2.05, 4.69) is 12.1 Å². The molecule has 0 aromatic heterocycles. The van der Waals surface area contributed by atoms with Crippen LogP contribution in [0.5, 0.6) is 11.5 Å². The number of hydrogen-bond acceptors (Lipinski definition) is 4. The van der Waals surface area contributed by atoms with Gasteiger partial charge in [0.2, 0.25) is 0 Å². The van der Waals surface area contributed by atoms with Crippen LogP contribution in [-0.4, -0.2) is 23.1 Å². The minimum absolute atomic E-state index is 0.0928. The van der Waals surface area contributed by atoms with E-state index in [0.29, 0.717) is 23.4 Å². The molecule has 0 amide bonds. The number of oxime groups is 1. The van der Waals surface area contributed by atoms with Crippen molar-refractivity contribution in [3.8, 4) is 11.5 Å². The molecule has 0 atom stereocenters. The molecular formula is C21H35NO3. The molecular weight excluding hydrogens is 314 g/mol. The molecule has 0 saturated heterocycles. The Morgan fingerprint density at radius 3 is 1.96 bits per heavy atom. The van der Waals surface area contributed by atoms with Crippen LogP contribution in [0.3, 0.4) is 0 Å². The highest BCUT2D eigenvalue weighted by Gasteiger charge is 2.10. The Balaban J connectivity index is 2.16. The first-order valence-corrected chi connectivity index (χ1v) is 9.81. The Morgan fingerprint density at radius 2 is 1.48 bits per heavy atom. The third-order valence-corrected chi connectivity index (χ3v) is 4.65. The van der Waals surface area contributed by atoms with Crippen molar-refractivity contribution in [1.82, 2.24) is 0 Å². The molecule has 1 rings (SSSR count). The van der Waals surface area contributed by atoms with Gasteiger partial charge >= 0.3 is 0 Å². The number of phenolic OH excluding ortho intramolecular Hbond substituents is 1. The summed E-state index contributed by atoms with van der Waals surface area (Å²) in [7, 11) is 1.56. The first-order chi connectivity index (χ1) is 12.2. The minimum atomic E-state index is 0.0928. The van der Waals surface area contributed by atoms with Crippen LogP contribution in [-0.2, 0) is 0 Å². The molecule has 1 aromatic rings. The van der Waals surface area contributed by atoms with Gasteiger partial charge < -0.3 is 15.1 Å². The van der Waals surface area contributed by atoms with E-state index in [4.69, 9.17) is 4.74 Å². The molecule has 0 fully saturated rings. The first kappa shape index (κ1) is 21.3. The van der Waals surface area contributed by atoms with Gasteiger partial charge in [-0.2, -0.15) is 0 Å². The molecule has 4 heteroatoms. The van der Waals surface area contributed by atoms with Crippen LogP contribution in [0.1, 0.15) is 89.5 Å². The van der Waals surface area contributed by atoms with Crippen LogP contribution in [0, 0.1) is 0 Å². The summed E-state index contributed by atoms with van der Waals surface area (Å²) in [6.45, 7) is 2.25. The number of benzene rings is 1. The minimum Gasteiger partial charge on any atom is -0.507 e. The van der Waals surface area contributed by atoms with Gasteiger partial charge in [0.15, 0.2) is 0 Å². The zero-order valence-electron chi connectivity index (χ0n) is 16.0. The molecule has 0 aliphatic rings.